The van der Waals surface area contributed by atoms with Gasteiger partial charge < -0.3 is 0 Å². The zero-order valence-electron chi connectivity index (χ0n) is 11.3. The van der Waals surface area contributed by atoms with Crippen molar-refractivity contribution in [2.45, 2.75) is 6.92 Å². The van der Waals surface area contributed by atoms with Gasteiger partial charge in [0.15, 0.2) is 0 Å². The minimum Gasteiger partial charge on any atom is -0.290 e. The predicted octanol–water partition coefficient (Wildman–Crippen LogP) is 3.84. The summed E-state index contributed by atoms with van der Waals surface area (Å²) in [5.74, 6) is -0.0496. The van der Waals surface area contributed by atoms with Crippen molar-refractivity contribution < 1.29 is 4.79 Å². The highest BCUT2D eigenvalue weighted by Crippen LogP contribution is 2.19. The van der Waals surface area contributed by atoms with Crippen LogP contribution in [0.25, 0.3) is 10.8 Å². The van der Waals surface area contributed by atoms with Crippen molar-refractivity contribution in [3.63, 3.8) is 0 Å². The highest BCUT2D eigenvalue weighted by atomic mass is 35.5. The van der Waals surface area contributed by atoms with Crippen molar-refractivity contribution in [2.24, 2.45) is 0 Å². The van der Waals surface area contributed by atoms with Crippen molar-refractivity contribution in [3.8, 4) is 0 Å². The number of hydrogen-bond acceptors (Lipinski definition) is 3. The maximum Gasteiger partial charge on any atom is 0.258 e. The van der Waals surface area contributed by atoms with Gasteiger partial charge in [-0.3, -0.25) is 10.1 Å². The first-order valence-corrected chi connectivity index (χ1v) is 6.81. The van der Waals surface area contributed by atoms with Crippen LogP contribution in [0.1, 0.15) is 16.1 Å². The molecule has 5 heteroatoms. The van der Waals surface area contributed by atoms with Gasteiger partial charge in [0.1, 0.15) is 5.15 Å². The van der Waals surface area contributed by atoms with Gasteiger partial charge in [-0.05, 0) is 29.8 Å². The molecule has 0 fully saturated rings. The average Bonchev–Trinajstić information content (AvgIpc) is 2.45. The fraction of sp³-hybridized carbons (Fsp3) is 0.0625. The zero-order chi connectivity index (χ0) is 14.8. The monoisotopic (exact) mass is 297 g/mol. The third-order valence-corrected chi connectivity index (χ3v) is 3.28. The van der Waals surface area contributed by atoms with Crippen LogP contribution in [0.5, 0.6) is 0 Å². The van der Waals surface area contributed by atoms with Gasteiger partial charge >= 0.3 is 0 Å². The van der Waals surface area contributed by atoms with Gasteiger partial charge in [0.05, 0.1) is 0 Å². The molecule has 0 unspecified atom stereocenters. The summed E-state index contributed by atoms with van der Waals surface area (Å²) < 4.78 is 0. The number of benzene rings is 2. The van der Waals surface area contributed by atoms with E-state index < -0.39 is 0 Å². The van der Waals surface area contributed by atoms with Crippen molar-refractivity contribution in [1.29, 1.82) is 0 Å². The average molecular weight is 298 g/mol. The second-order valence-corrected chi connectivity index (χ2v) is 5.02. The van der Waals surface area contributed by atoms with Crippen molar-refractivity contribution >= 4 is 34.2 Å². The summed E-state index contributed by atoms with van der Waals surface area (Å²) in [6, 6.07) is 14.9. The molecule has 0 saturated heterocycles. The first-order valence-electron chi connectivity index (χ1n) is 6.44. The van der Waals surface area contributed by atoms with Gasteiger partial charge in [0.2, 0.25) is 5.95 Å². The fourth-order valence-corrected chi connectivity index (χ4v) is 2.42. The topological polar surface area (TPSA) is 54.9 Å². The minimum absolute atomic E-state index is 0.206. The molecule has 4 nitrogen and oxygen atoms in total. The Labute approximate surface area is 126 Å². The molecule has 0 aliphatic rings. The quantitative estimate of drug-likeness (QED) is 0.731. The van der Waals surface area contributed by atoms with Crippen LogP contribution in [0.3, 0.4) is 0 Å². The second kappa shape index (κ2) is 5.50. The fourth-order valence-electron chi connectivity index (χ4n) is 2.18. The lowest BCUT2D eigenvalue weighted by atomic mass is 10.0. The molecule has 104 valence electrons. The summed E-state index contributed by atoms with van der Waals surface area (Å²) in [6.45, 7) is 1.79. The molecule has 0 saturated carbocycles. The van der Waals surface area contributed by atoms with E-state index in [1.54, 1.807) is 19.1 Å². The molecule has 1 aromatic heterocycles. The largest absolute Gasteiger partial charge is 0.290 e. The lowest BCUT2D eigenvalue weighted by Crippen LogP contribution is -2.15. The third kappa shape index (κ3) is 2.85. The number of nitrogens with one attached hydrogen (secondary N) is 1. The molecule has 0 aliphatic heterocycles. The summed E-state index contributed by atoms with van der Waals surface area (Å²) >= 11 is 5.87. The van der Waals surface area contributed by atoms with Gasteiger partial charge in [-0.15, -0.1) is 0 Å². The van der Waals surface area contributed by atoms with E-state index in [1.807, 2.05) is 36.4 Å². The molecule has 1 amide bonds. The summed E-state index contributed by atoms with van der Waals surface area (Å²) in [7, 11) is 0. The van der Waals surface area contributed by atoms with Crippen molar-refractivity contribution in [3.05, 3.63) is 64.9 Å². The molecule has 1 N–H and O–H groups in total. The molecule has 0 aliphatic carbocycles. The highest BCUT2D eigenvalue weighted by molar-refractivity contribution is 6.29. The van der Waals surface area contributed by atoms with E-state index in [-0.39, 0.29) is 11.9 Å². The van der Waals surface area contributed by atoms with E-state index in [9.17, 15) is 4.79 Å². The Morgan fingerprint density at radius 2 is 1.86 bits per heavy atom. The number of aromatic nitrogens is 2. The normalized spacial score (nSPS) is 10.6. The Morgan fingerprint density at radius 1 is 1.10 bits per heavy atom. The number of carbonyl (C=O) groups is 1. The lowest BCUT2D eigenvalue weighted by molar-refractivity contribution is 0.102. The Hall–Kier alpha value is -2.46. The molecule has 0 atom stereocenters. The van der Waals surface area contributed by atoms with E-state index in [1.165, 1.54) is 0 Å². The molecular formula is C16H12ClN3O. The Kier molecular flexibility index (Phi) is 3.54. The van der Waals surface area contributed by atoms with E-state index >= 15 is 0 Å². The number of fused-ring (bicyclic) bond motifs is 1. The Bertz CT molecular complexity index is 807. The molecule has 0 radical (unpaired) electrons. The summed E-state index contributed by atoms with van der Waals surface area (Å²) in [5.41, 5.74) is 1.28. The Balaban J connectivity index is 1.97. The number of aryl methyl sites for hydroxylation is 1. The standard InChI is InChI=1S/C16H12ClN3O/c1-10-9-14(17)19-16(18-10)20-15(21)13-8-4-6-11-5-2-3-7-12(11)13/h2-9H,1H3,(H,18,19,20,21). The van der Waals surface area contributed by atoms with Gasteiger partial charge in [0, 0.05) is 11.3 Å². The molecule has 0 spiro atoms. The number of amides is 1. The van der Waals surface area contributed by atoms with Crippen molar-refractivity contribution in [1.82, 2.24) is 9.97 Å². The summed E-state index contributed by atoms with van der Waals surface area (Å²) in [6.07, 6.45) is 0. The van der Waals surface area contributed by atoms with Crippen LogP contribution >= 0.6 is 11.6 Å². The van der Waals surface area contributed by atoms with Gasteiger partial charge in [-0.25, -0.2) is 9.97 Å². The van der Waals surface area contributed by atoms with E-state index in [0.717, 1.165) is 10.8 Å². The van der Waals surface area contributed by atoms with Crippen LogP contribution in [0.4, 0.5) is 5.95 Å². The third-order valence-electron chi connectivity index (χ3n) is 3.08. The highest BCUT2D eigenvalue weighted by Gasteiger charge is 2.11. The maximum absolute atomic E-state index is 12.4. The zero-order valence-corrected chi connectivity index (χ0v) is 12.1. The number of halogens is 1. The van der Waals surface area contributed by atoms with Gasteiger partial charge in [-0.2, -0.15) is 0 Å². The second-order valence-electron chi connectivity index (χ2n) is 4.64. The number of nitrogens with zero attached hydrogens (tertiary/aromatic N) is 2. The van der Waals surface area contributed by atoms with Crippen LogP contribution in [0.2, 0.25) is 5.15 Å². The lowest BCUT2D eigenvalue weighted by Gasteiger charge is -2.07. The van der Waals surface area contributed by atoms with Crippen LogP contribution in [0.15, 0.2) is 48.5 Å². The number of carbonyl (C=O) groups excluding carboxylic acids is 1. The van der Waals surface area contributed by atoms with E-state index in [4.69, 9.17) is 11.6 Å². The molecule has 0 bridgehead atoms. The predicted molar refractivity (Wildman–Crippen MR) is 83.7 cm³/mol. The molecule has 3 aromatic rings. The minimum atomic E-state index is -0.256. The Morgan fingerprint density at radius 3 is 2.67 bits per heavy atom. The van der Waals surface area contributed by atoms with E-state index in [0.29, 0.717) is 16.4 Å². The molecule has 2 aromatic carbocycles. The smallest absolute Gasteiger partial charge is 0.258 e. The maximum atomic E-state index is 12.4. The first-order chi connectivity index (χ1) is 10.1. The summed E-state index contributed by atoms with van der Waals surface area (Å²) in [5, 5.41) is 4.88. The SMILES string of the molecule is Cc1cc(Cl)nc(NC(=O)c2cccc3ccccc23)n1. The van der Waals surface area contributed by atoms with Crippen LogP contribution in [-0.2, 0) is 0 Å². The van der Waals surface area contributed by atoms with E-state index in [2.05, 4.69) is 15.3 Å². The number of rotatable bonds is 2. The number of hydrogen-bond donors (Lipinski definition) is 1. The molecular weight excluding hydrogens is 286 g/mol. The molecule has 3 rings (SSSR count). The number of anilines is 1. The van der Waals surface area contributed by atoms with Gasteiger partial charge in [-0.1, -0.05) is 48.0 Å². The van der Waals surface area contributed by atoms with Crippen molar-refractivity contribution in [2.75, 3.05) is 5.32 Å². The molecule has 1 heterocycles. The van der Waals surface area contributed by atoms with Crippen LogP contribution in [0, 0.1) is 6.92 Å². The van der Waals surface area contributed by atoms with Crippen LogP contribution < -0.4 is 5.32 Å². The molecule has 21 heavy (non-hydrogen) atoms. The van der Waals surface area contributed by atoms with Gasteiger partial charge in [0.25, 0.3) is 5.91 Å². The summed E-state index contributed by atoms with van der Waals surface area (Å²) in [4.78, 5) is 20.6. The first kappa shape index (κ1) is 13.5. The van der Waals surface area contributed by atoms with Crippen LogP contribution in [-0.4, -0.2) is 15.9 Å².